The molecule has 0 aliphatic rings. The molecule has 0 radical (unpaired) electrons. The van der Waals surface area contributed by atoms with Gasteiger partial charge < -0.3 is 42.9 Å². The fourth-order valence-corrected chi connectivity index (χ4v) is 0.714. The van der Waals surface area contributed by atoms with Crippen LogP contribution in [0.4, 0.5) is 4.79 Å². The van der Waals surface area contributed by atoms with Crippen molar-refractivity contribution in [1.82, 2.24) is 12.3 Å². The molecule has 12 N–H and O–H groups in total. The number of carboxylic acid groups (broad SMARTS) is 5. The van der Waals surface area contributed by atoms with Crippen LogP contribution in [0.2, 0.25) is 0 Å². The summed E-state index contributed by atoms with van der Waals surface area (Å²) in [6.07, 6.45) is -4.12. The van der Waals surface area contributed by atoms with Gasteiger partial charge in [0, 0.05) is 0 Å². The Hall–Kier alpha value is -2.44. The summed E-state index contributed by atoms with van der Waals surface area (Å²) in [6, 6.07) is 0. The molecule has 0 aliphatic heterocycles. The van der Waals surface area contributed by atoms with Gasteiger partial charge in [-0.2, -0.15) is 0 Å². The van der Waals surface area contributed by atoms with Gasteiger partial charge in [-0.25, -0.2) is 9.59 Å². The second-order valence-electron chi connectivity index (χ2n) is 2.76. The average molecular weight is 288 g/mol. The molecule has 0 amide bonds. The average Bonchev–Trinajstić information content (AvgIpc) is 1.98. The number of hydrogen-bond donors (Lipinski definition) is 8. The van der Waals surface area contributed by atoms with E-state index in [1.807, 2.05) is 0 Å². The Kier molecular flexibility index (Phi) is 14.3. The topological polar surface area (TPSA) is 260 Å². The quantitative estimate of drug-likeness (QED) is 0.312. The molecule has 0 aromatic heterocycles. The number of aliphatic carboxylic acids is 3. The molecule has 0 spiro atoms. The van der Waals surface area contributed by atoms with Gasteiger partial charge >= 0.3 is 24.1 Å². The van der Waals surface area contributed by atoms with E-state index < -0.39 is 42.5 Å². The van der Waals surface area contributed by atoms with Crippen molar-refractivity contribution in [1.29, 1.82) is 0 Å². The van der Waals surface area contributed by atoms with E-state index in [1.165, 1.54) is 0 Å². The summed E-state index contributed by atoms with van der Waals surface area (Å²) in [5, 5.41) is 47.8. The van der Waals surface area contributed by atoms with E-state index >= 15 is 0 Å². The van der Waals surface area contributed by atoms with Crippen LogP contribution >= 0.6 is 0 Å². The largest absolute Gasteiger partial charge is 0.503 e. The minimum atomic E-state index is -2.74. The fourth-order valence-electron chi connectivity index (χ4n) is 0.714. The van der Waals surface area contributed by atoms with Crippen molar-refractivity contribution in [3.05, 3.63) is 0 Å². The van der Waals surface area contributed by atoms with Crippen LogP contribution < -0.4 is 12.3 Å². The molecule has 0 bridgehead atoms. The molecule has 0 atom stereocenters. The molecule has 0 saturated heterocycles. The number of carbonyl (C=O) groups is 4. The van der Waals surface area contributed by atoms with E-state index in [1.54, 1.807) is 0 Å². The second-order valence-corrected chi connectivity index (χ2v) is 2.76. The Bertz CT molecular complexity index is 308. The van der Waals surface area contributed by atoms with Crippen molar-refractivity contribution in [3.8, 4) is 0 Å². The molecular weight excluding hydrogens is 272 g/mol. The second kappa shape index (κ2) is 10.7. The highest BCUT2D eigenvalue weighted by Crippen LogP contribution is 2.15. The molecule has 0 aromatic rings. The van der Waals surface area contributed by atoms with Crippen molar-refractivity contribution in [2.24, 2.45) is 0 Å². The predicted octanol–water partition coefficient (Wildman–Crippen LogP) is -0.702. The number of aliphatic hydroxyl groups is 1. The van der Waals surface area contributed by atoms with Gasteiger partial charge in [0.1, 0.15) is 0 Å². The fraction of sp³-hybridized carbons (Fsp3) is 0.429. The monoisotopic (exact) mass is 288 g/mol. The van der Waals surface area contributed by atoms with E-state index in [0.29, 0.717) is 0 Å². The lowest BCUT2D eigenvalue weighted by Crippen LogP contribution is -2.42. The van der Waals surface area contributed by atoms with Crippen LogP contribution in [0.5, 0.6) is 0 Å². The van der Waals surface area contributed by atoms with Gasteiger partial charge in [0.05, 0.1) is 12.8 Å². The molecule has 0 unspecified atom stereocenters. The van der Waals surface area contributed by atoms with Gasteiger partial charge in [-0.3, -0.25) is 9.59 Å². The summed E-state index contributed by atoms with van der Waals surface area (Å²) in [6.45, 7) is 0. The summed E-state index contributed by atoms with van der Waals surface area (Å²) in [5.74, 6) is -5.02. The molecule has 19 heavy (non-hydrogen) atoms. The van der Waals surface area contributed by atoms with Crippen LogP contribution in [0.1, 0.15) is 12.8 Å². The molecule has 0 aliphatic carbocycles. The molecule has 12 heteroatoms. The van der Waals surface area contributed by atoms with E-state index in [-0.39, 0.29) is 12.3 Å². The van der Waals surface area contributed by atoms with Crippen LogP contribution in [0.25, 0.3) is 0 Å². The minimum Gasteiger partial charge on any atom is -0.481 e. The highest BCUT2D eigenvalue weighted by atomic mass is 16.6. The van der Waals surface area contributed by atoms with Crippen LogP contribution in [-0.2, 0) is 14.4 Å². The third kappa shape index (κ3) is 15.6. The Morgan fingerprint density at radius 1 is 0.737 bits per heavy atom. The Morgan fingerprint density at radius 3 is 1.05 bits per heavy atom. The first kappa shape index (κ1) is 25.4. The predicted molar refractivity (Wildman–Crippen MR) is 57.8 cm³/mol. The maximum absolute atomic E-state index is 10.3. The zero-order valence-electron chi connectivity index (χ0n) is 9.64. The van der Waals surface area contributed by atoms with E-state index in [4.69, 9.17) is 35.4 Å². The van der Waals surface area contributed by atoms with Crippen molar-refractivity contribution in [2.75, 3.05) is 0 Å². The summed E-state index contributed by atoms with van der Waals surface area (Å²) in [5.41, 5.74) is -2.74. The number of carboxylic acids is 3. The number of hydrogen-bond acceptors (Lipinski definition) is 7. The standard InChI is InChI=1S/C6H8O7.CH2O3.2H3N/c7-3(8)1-6(13,5(11)12)2-4(9)10;2-1(3)4;;/h13H,1-2H2,(H,7,8)(H,9,10)(H,11,12);(H2,2,3,4);2*1H3. The maximum atomic E-state index is 10.3. The smallest absolute Gasteiger partial charge is 0.481 e. The molecule has 0 aromatic carbocycles. The molecule has 0 rings (SSSR count). The zero-order chi connectivity index (χ0) is 14.2. The summed E-state index contributed by atoms with van der Waals surface area (Å²) in [4.78, 5) is 39.0. The van der Waals surface area contributed by atoms with Crippen LogP contribution in [0.3, 0.4) is 0 Å². The third-order valence-electron chi connectivity index (χ3n) is 1.29. The lowest BCUT2D eigenvalue weighted by atomic mass is 9.96. The van der Waals surface area contributed by atoms with Crippen LogP contribution in [0.15, 0.2) is 0 Å². The maximum Gasteiger partial charge on any atom is 0.503 e. The van der Waals surface area contributed by atoms with Gasteiger partial charge in [0.15, 0.2) is 5.60 Å². The third-order valence-corrected chi connectivity index (χ3v) is 1.29. The van der Waals surface area contributed by atoms with E-state index in [2.05, 4.69) is 0 Å². The molecule has 0 heterocycles. The first-order valence-electron chi connectivity index (χ1n) is 3.82. The molecule has 114 valence electrons. The van der Waals surface area contributed by atoms with Crippen molar-refractivity contribution >= 4 is 24.1 Å². The SMILES string of the molecule is N.N.O=C(O)CC(O)(CC(=O)O)C(=O)O.O=C(O)O. The lowest BCUT2D eigenvalue weighted by molar-refractivity contribution is -0.170. The van der Waals surface area contributed by atoms with Gasteiger partial charge in [-0.05, 0) is 0 Å². The molecule has 0 saturated carbocycles. The van der Waals surface area contributed by atoms with Crippen molar-refractivity contribution in [3.63, 3.8) is 0 Å². The van der Waals surface area contributed by atoms with Crippen LogP contribution in [0, 0.1) is 0 Å². The molecule has 0 fully saturated rings. The van der Waals surface area contributed by atoms with Crippen molar-refractivity contribution < 1.29 is 49.8 Å². The highest BCUT2D eigenvalue weighted by Gasteiger charge is 2.40. The summed E-state index contributed by atoms with van der Waals surface area (Å²) >= 11 is 0. The first-order valence-corrected chi connectivity index (χ1v) is 3.82. The van der Waals surface area contributed by atoms with E-state index in [9.17, 15) is 14.4 Å². The van der Waals surface area contributed by atoms with Gasteiger partial charge in [0.2, 0.25) is 0 Å². The lowest BCUT2D eigenvalue weighted by Gasteiger charge is -2.18. The van der Waals surface area contributed by atoms with Gasteiger partial charge in [-0.15, -0.1) is 0 Å². The Morgan fingerprint density at radius 2 is 0.947 bits per heavy atom. The highest BCUT2D eigenvalue weighted by molar-refractivity contribution is 5.88. The Labute approximate surface area is 106 Å². The summed E-state index contributed by atoms with van der Waals surface area (Å²) in [7, 11) is 0. The van der Waals surface area contributed by atoms with Gasteiger partial charge in [-0.1, -0.05) is 0 Å². The van der Waals surface area contributed by atoms with E-state index in [0.717, 1.165) is 0 Å². The normalized spacial score (nSPS) is 8.68. The van der Waals surface area contributed by atoms with Crippen LogP contribution in [-0.4, -0.2) is 60.3 Å². The first-order chi connectivity index (χ1) is 7.51. The van der Waals surface area contributed by atoms with Crippen molar-refractivity contribution in [2.45, 2.75) is 18.4 Å². The minimum absolute atomic E-state index is 0. The Balaban J connectivity index is -0.000000165. The van der Waals surface area contributed by atoms with Gasteiger partial charge in [0.25, 0.3) is 0 Å². The molecule has 12 nitrogen and oxygen atoms in total. The molecular formula is C7H16N2O10. The summed E-state index contributed by atoms with van der Waals surface area (Å²) < 4.78 is 0. The number of rotatable bonds is 5. The zero-order valence-corrected chi connectivity index (χ0v) is 9.64.